The Morgan fingerprint density at radius 3 is 1.64 bits per heavy atom. The molecule has 0 bridgehead atoms. The van der Waals surface area contributed by atoms with Crippen molar-refractivity contribution >= 4 is 32.0 Å². The van der Waals surface area contributed by atoms with Crippen LogP contribution in [0.5, 0.6) is 11.5 Å². The molecule has 0 spiro atoms. The highest BCUT2D eigenvalue weighted by atomic mass is 31.1. The first-order chi connectivity index (χ1) is 13.4. The van der Waals surface area contributed by atoms with Gasteiger partial charge in [0, 0.05) is 5.16 Å². The van der Waals surface area contributed by atoms with Gasteiger partial charge in [0.1, 0.15) is 11.5 Å². The van der Waals surface area contributed by atoms with Crippen molar-refractivity contribution in [2.75, 3.05) is 20.4 Å². The summed E-state index contributed by atoms with van der Waals surface area (Å²) in [6.07, 6.45) is 2.37. The van der Waals surface area contributed by atoms with Crippen molar-refractivity contribution < 1.29 is 9.47 Å². The summed E-state index contributed by atoms with van der Waals surface area (Å²) in [6, 6.07) is 17.2. The first-order valence-electron chi connectivity index (χ1n) is 9.68. The molecule has 148 valence electrons. The lowest BCUT2D eigenvalue weighted by atomic mass is 9.94. The van der Waals surface area contributed by atoms with Gasteiger partial charge in [-0.25, -0.2) is 0 Å². The molecule has 2 aromatic rings. The summed E-state index contributed by atoms with van der Waals surface area (Å²) < 4.78 is 10.7. The zero-order chi connectivity index (χ0) is 20.3. The highest BCUT2D eigenvalue weighted by molar-refractivity contribution is 7.73. The van der Waals surface area contributed by atoms with Gasteiger partial charge in [0.2, 0.25) is 0 Å². The first-order valence-corrected chi connectivity index (χ1v) is 12.1. The second-order valence-corrected chi connectivity index (χ2v) is 11.7. The van der Waals surface area contributed by atoms with Crippen molar-refractivity contribution in [2.45, 2.75) is 39.3 Å². The van der Waals surface area contributed by atoms with Gasteiger partial charge in [-0.2, -0.15) is 0 Å². The Morgan fingerprint density at radius 1 is 0.821 bits per heavy atom. The molecule has 0 fully saturated rings. The van der Waals surface area contributed by atoms with Crippen molar-refractivity contribution in [2.24, 2.45) is 0 Å². The predicted molar refractivity (Wildman–Crippen MR) is 126 cm³/mol. The Bertz CT molecular complexity index is 834. The lowest BCUT2D eigenvalue weighted by molar-refractivity contribution is 0.415. The van der Waals surface area contributed by atoms with E-state index in [0.717, 1.165) is 11.5 Å². The van der Waals surface area contributed by atoms with Gasteiger partial charge in [0.15, 0.2) is 0 Å². The van der Waals surface area contributed by atoms with Gasteiger partial charge in [0.25, 0.3) is 0 Å². The average molecular weight is 412 g/mol. The fourth-order valence-corrected chi connectivity index (χ4v) is 8.03. The molecule has 1 heterocycles. The number of hydrogen-bond acceptors (Lipinski definition) is 2. The molecule has 0 amide bonds. The van der Waals surface area contributed by atoms with E-state index in [1.807, 2.05) is 0 Å². The molecule has 1 unspecified atom stereocenters. The van der Waals surface area contributed by atoms with Crippen LogP contribution in [-0.2, 0) is 0 Å². The predicted octanol–water partition coefficient (Wildman–Crippen LogP) is 5.77. The summed E-state index contributed by atoms with van der Waals surface area (Å²) in [6.45, 7) is 9.31. The van der Waals surface area contributed by atoms with Crippen LogP contribution in [-0.4, -0.2) is 30.8 Å². The van der Waals surface area contributed by atoms with Crippen LogP contribution in [0.1, 0.15) is 34.1 Å². The van der Waals surface area contributed by atoms with Crippen LogP contribution in [0.25, 0.3) is 0 Å². The molecule has 0 saturated carbocycles. The topological polar surface area (TPSA) is 18.5 Å². The van der Waals surface area contributed by atoms with Crippen LogP contribution in [0.3, 0.4) is 0 Å². The van der Waals surface area contributed by atoms with Crippen LogP contribution < -0.4 is 20.1 Å². The quantitative estimate of drug-likeness (QED) is 0.537. The Balaban J connectivity index is 1.90. The fraction of sp³-hybridized carbons (Fsp3) is 0.375. The van der Waals surface area contributed by atoms with Gasteiger partial charge in [-0.15, -0.1) is 0 Å². The fourth-order valence-electron chi connectivity index (χ4n) is 3.72. The minimum absolute atomic E-state index is 0.258. The second-order valence-electron chi connectivity index (χ2n) is 7.52. The largest absolute Gasteiger partial charge is 0.497 e. The van der Waals surface area contributed by atoms with Crippen LogP contribution in [0.4, 0.5) is 0 Å². The van der Waals surface area contributed by atoms with E-state index in [0.29, 0.717) is 0 Å². The minimum Gasteiger partial charge on any atom is -0.497 e. The molecule has 28 heavy (non-hydrogen) atoms. The van der Waals surface area contributed by atoms with Crippen molar-refractivity contribution in [3.8, 4) is 11.5 Å². The third-order valence-electron chi connectivity index (χ3n) is 5.92. The van der Waals surface area contributed by atoms with Crippen molar-refractivity contribution in [1.82, 2.24) is 0 Å². The normalized spacial score (nSPS) is 19.8. The summed E-state index contributed by atoms with van der Waals surface area (Å²) in [4.78, 5) is 0. The number of allylic oxidation sites excluding steroid dienone is 2. The Kier molecular flexibility index (Phi) is 6.64. The Hall–Kier alpha value is -1.62. The highest BCUT2D eigenvalue weighted by Gasteiger charge is 2.32. The van der Waals surface area contributed by atoms with E-state index in [-0.39, 0.29) is 5.16 Å². The molecule has 0 radical (unpaired) electrons. The lowest BCUT2D eigenvalue weighted by Crippen LogP contribution is -2.22. The van der Waals surface area contributed by atoms with E-state index in [1.165, 1.54) is 42.3 Å². The highest BCUT2D eigenvalue weighted by Crippen LogP contribution is 2.47. The molecule has 0 aromatic heterocycles. The van der Waals surface area contributed by atoms with E-state index in [4.69, 9.17) is 9.47 Å². The Morgan fingerprint density at radius 2 is 1.29 bits per heavy atom. The molecular weight excluding hydrogens is 382 g/mol. The third kappa shape index (κ3) is 4.35. The molecule has 0 saturated heterocycles. The monoisotopic (exact) mass is 412 g/mol. The summed E-state index contributed by atoms with van der Waals surface area (Å²) in [5, 5.41) is 4.59. The van der Waals surface area contributed by atoms with Gasteiger partial charge in [0.05, 0.1) is 14.2 Å². The zero-order valence-corrected chi connectivity index (χ0v) is 19.5. The number of rotatable bonds is 7. The van der Waals surface area contributed by atoms with E-state index >= 15 is 0 Å². The number of hydrogen-bond donors (Lipinski definition) is 0. The molecule has 1 aliphatic rings. The van der Waals surface area contributed by atoms with Crippen molar-refractivity contribution in [3.63, 3.8) is 0 Å². The summed E-state index contributed by atoms with van der Waals surface area (Å²) in [5.41, 5.74) is 3.06. The molecule has 2 aromatic carbocycles. The summed E-state index contributed by atoms with van der Waals surface area (Å²) >= 11 is 0. The van der Waals surface area contributed by atoms with Gasteiger partial charge in [-0.1, -0.05) is 38.0 Å². The van der Waals surface area contributed by atoms with Crippen molar-refractivity contribution in [1.29, 1.82) is 0 Å². The van der Waals surface area contributed by atoms with Crippen LogP contribution in [0, 0.1) is 0 Å². The van der Waals surface area contributed by atoms with E-state index in [2.05, 4.69) is 76.2 Å². The molecular formula is C24H30O2P2. The van der Waals surface area contributed by atoms with E-state index in [9.17, 15) is 0 Å². The van der Waals surface area contributed by atoms with Crippen molar-refractivity contribution in [3.05, 3.63) is 59.7 Å². The molecule has 4 heteroatoms. The lowest BCUT2D eigenvalue weighted by Gasteiger charge is -2.28. The number of ether oxygens (including phenoxy) is 2. The van der Waals surface area contributed by atoms with Gasteiger partial charge in [-0.05, 0) is 93.9 Å². The SMILES string of the molecule is COc1ccc(P(CCC2(C)P=C(C)C(C)=C2C)c2ccc(OC)cc2)cc1. The van der Waals surface area contributed by atoms with Gasteiger partial charge in [-0.3, -0.25) is 0 Å². The zero-order valence-electron chi connectivity index (χ0n) is 17.7. The van der Waals surface area contributed by atoms with Crippen LogP contribution in [0.2, 0.25) is 0 Å². The minimum atomic E-state index is -0.429. The summed E-state index contributed by atoms with van der Waals surface area (Å²) in [7, 11) is 4.49. The van der Waals surface area contributed by atoms with Gasteiger partial charge >= 0.3 is 0 Å². The molecule has 0 aliphatic carbocycles. The molecule has 1 aliphatic heterocycles. The number of benzene rings is 2. The molecule has 3 rings (SSSR count). The van der Waals surface area contributed by atoms with Crippen LogP contribution in [0.15, 0.2) is 59.7 Å². The first kappa shape index (κ1) is 21.1. The maximum atomic E-state index is 5.36. The van der Waals surface area contributed by atoms with Gasteiger partial charge < -0.3 is 9.47 Å². The number of methoxy groups -OCH3 is 2. The maximum Gasteiger partial charge on any atom is 0.118 e. The van der Waals surface area contributed by atoms with E-state index in [1.54, 1.807) is 19.8 Å². The molecule has 1 atom stereocenters. The average Bonchev–Trinajstić information content (AvgIpc) is 2.92. The van der Waals surface area contributed by atoms with E-state index < -0.39 is 7.92 Å². The molecule has 2 nitrogen and oxygen atoms in total. The third-order valence-corrected chi connectivity index (χ3v) is 10.2. The van der Waals surface area contributed by atoms with Crippen LogP contribution >= 0.6 is 16.1 Å². The summed E-state index contributed by atoms with van der Waals surface area (Å²) in [5.74, 6) is 1.82. The second kappa shape index (κ2) is 8.81. The smallest absolute Gasteiger partial charge is 0.118 e. The standard InChI is InChI=1S/C24H30O2P2/c1-17-18(2)24(4,27-19(17)3)15-16-28(22-11-7-20(25-5)8-12-22)23-13-9-21(26-6)10-14-23/h7-14H,15-16H2,1-6H3. The molecule has 0 N–H and O–H groups in total. The maximum absolute atomic E-state index is 5.36. The Labute approximate surface area is 172 Å².